The summed E-state index contributed by atoms with van der Waals surface area (Å²) in [6.07, 6.45) is 1.10. The largest absolute Gasteiger partial charge is 0.481 e. The van der Waals surface area contributed by atoms with Gasteiger partial charge in [0.1, 0.15) is 5.75 Å². The Labute approximate surface area is 172 Å². The first-order chi connectivity index (χ1) is 13.8. The summed E-state index contributed by atoms with van der Waals surface area (Å²) in [4.78, 5) is 12.7. The smallest absolute Gasteiger partial charge is 0.265 e. The van der Waals surface area contributed by atoms with E-state index < -0.39 is 16.1 Å². The molecule has 0 aromatic heterocycles. The van der Waals surface area contributed by atoms with Crippen molar-refractivity contribution in [3.05, 3.63) is 54.1 Å². The molecule has 7 heteroatoms. The van der Waals surface area contributed by atoms with Crippen molar-refractivity contribution >= 4 is 21.6 Å². The van der Waals surface area contributed by atoms with Gasteiger partial charge in [-0.2, -0.15) is 4.31 Å². The standard InChI is InChI=1S/C22H28N2O4S/c1-16(2)18-6-10-20(11-7-18)28-17(3)22(25)23-19-8-12-21(13-9-19)29(26,27)24-14-4-5-15-24/h6-13,16-17H,4-5,14-15H2,1-3H3,(H,23,25)/t17-/m1/s1. The highest BCUT2D eigenvalue weighted by atomic mass is 32.2. The van der Waals surface area contributed by atoms with E-state index >= 15 is 0 Å². The number of carbonyl (C=O) groups excluding carboxylic acids is 1. The first-order valence-electron chi connectivity index (χ1n) is 9.95. The van der Waals surface area contributed by atoms with E-state index in [1.54, 1.807) is 19.1 Å². The maximum atomic E-state index is 12.6. The summed E-state index contributed by atoms with van der Waals surface area (Å²) in [5, 5.41) is 2.77. The third-order valence-corrected chi connectivity index (χ3v) is 6.97. The molecule has 0 spiro atoms. The van der Waals surface area contributed by atoms with Crippen LogP contribution in [0.5, 0.6) is 5.75 Å². The number of sulfonamides is 1. The second-order valence-corrected chi connectivity index (χ2v) is 9.55. The molecule has 3 rings (SSSR count). The van der Waals surface area contributed by atoms with Crippen LogP contribution >= 0.6 is 0 Å². The van der Waals surface area contributed by atoms with E-state index in [0.29, 0.717) is 30.4 Å². The Bertz CT molecular complexity index is 932. The lowest BCUT2D eigenvalue weighted by Crippen LogP contribution is -2.30. The molecule has 1 amide bonds. The maximum absolute atomic E-state index is 12.6. The molecule has 6 nitrogen and oxygen atoms in total. The van der Waals surface area contributed by atoms with E-state index in [1.165, 1.54) is 22.0 Å². The molecule has 1 aliphatic heterocycles. The Morgan fingerprint density at radius 2 is 1.55 bits per heavy atom. The van der Waals surface area contributed by atoms with Crippen LogP contribution in [0.1, 0.15) is 45.1 Å². The monoisotopic (exact) mass is 416 g/mol. The zero-order chi connectivity index (χ0) is 21.0. The van der Waals surface area contributed by atoms with Gasteiger partial charge >= 0.3 is 0 Å². The molecule has 1 N–H and O–H groups in total. The highest BCUT2D eigenvalue weighted by molar-refractivity contribution is 7.89. The van der Waals surface area contributed by atoms with Gasteiger partial charge in [-0.3, -0.25) is 4.79 Å². The minimum Gasteiger partial charge on any atom is -0.481 e. The fourth-order valence-corrected chi connectivity index (χ4v) is 4.74. The number of nitrogens with zero attached hydrogens (tertiary/aromatic N) is 1. The normalized spacial score (nSPS) is 16.0. The zero-order valence-corrected chi connectivity index (χ0v) is 17.9. The van der Waals surface area contributed by atoms with Gasteiger partial charge < -0.3 is 10.1 Å². The molecular weight excluding hydrogens is 388 g/mol. The summed E-state index contributed by atoms with van der Waals surface area (Å²) in [5.74, 6) is 0.763. The fourth-order valence-electron chi connectivity index (χ4n) is 3.22. The minimum atomic E-state index is -3.45. The number of ether oxygens (including phenoxy) is 1. The van der Waals surface area contributed by atoms with Crippen molar-refractivity contribution in [1.29, 1.82) is 0 Å². The molecule has 0 saturated carbocycles. The van der Waals surface area contributed by atoms with Gasteiger partial charge in [-0.05, 0) is 67.6 Å². The SMILES string of the molecule is CC(C)c1ccc(O[C@H](C)C(=O)Nc2ccc(S(=O)(=O)N3CCCC3)cc2)cc1. The lowest BCUT2D eigenvalue weighted by Gasteiger charge is -2.17. The van der Waals surface area contributed by atoms with Gasteiger partial charge in [-0.1, -0.05) is 26.0 Å². The zero-order valence-electron chi connectivity index (χ0n) is 17.1. The van der Waals surface area contributed by atoms with Gasteiger partial charge in [0, 0.05) is 18.8 Å². The first kappa shape index (κ1) is 21.3. The van der Waals surface area contributed by atoms with Crippen LogP contribution in [0.25, 0.3) is 0 Å². The van der Waals surface area contributed by atoms with Crippen LogP contribution in [0.4, 0.5) is 5.69 Å². The van der Waals surface area contributed by atoms with Crippen molar-refractivity contribution in [1.82, 2.24) is 4.31 Å². The molecule has 1 saturated heterocycles. The van der Waals surface area contributed by atoms with Gasteiger partial charge in [-0.15, -0.1) is 0 Å². The van der Waals surface area contributed by atoms with Crippen molar-refractivity contribution < 1.29 is 17.9 Å². The van der Waals surface area contributed by atoms with E-state index in [9.17, 15) is 13.2 Å². The Morgan fingerprint density at radius 3 is 2.10 bits per heavy atom. The minimum absolute atomic E-state index is 0.243. The molecule has 2 aromatic carbocycles. The Balaban J connectivity index is 1.59. The number of benzene rings is 2. The van der Waals surface area contributed by atoms with Gasteiger partial charge in [-0.25, -0.2) is 8.42 Å². The fraction of sp³-hybridized carbons (Fsp3) is 0.409. The van der Waals surface area contributed by atoms with Gasteiger partial charge in [0.15, 0.2) is 6.10 Å². The predicted octanol–water partition coefficient (Wildman–Crippen LogP) is 4.00. The van der Waals surface area contributed by atoms with Crippen LogP contribution in [0.3, 0.4) is 0 Å². The lowest BCUT2D eigenvalue weighted by atomic mass is 10.0. The molecule has 156 valence electrons. The van der Waals surface area contributed by atoms with Crippen molar-refractivity contribution in [2.75, 3.05) is 18.4 Å². The van der Waals surface area contributed by atoms with Gasteiger partial charge in [0.05, 0.1) is 4.90 Å². The van der Waals surface area contributed by atoms with Crippen LogP contribution in [0, 0.1) is 0 Å². The molecule has 29 heavy (non-hydrogen) atoms. The quantitative estimate of drug-likeness (QED) is 0.740. The van der Waals surface area contributed by atoms with Gasteiger partial charge in [0.2, 0.25) is 10.0 Å². The second-order valence-electron chi connectivity index (χ2n) is 7.61. The molecule has 0 unspecified atom stereocenters. The van der Waals surface area contributed by atoms with E-state index in [0.717, 1.165) is 12.8 Å². The van der Waals surface area contributed by atoms with Crippen molar-refractivity contribution in [2.24, 2.45) is 0 Å². The highest BCUT2D eigenvalue weighted by Crippen LogP contribution is 2.23. The molecule has 0 aliphatic carbocycles. The average Bonchev–Trinajstić information content (AvgIpc) is 3.24. The molecule has 1 fully saturated rings. The summed E-state index contributed by atoms with van der Waals surface area (Å²) < 4.78 is 32.3. The summed E-state index contributed by atoms with van der Waals surface area (Å²) in [7, 11) is -3.45. The number of rotatable bonds is 7. The second kappa shape index (κ2) is 8.97. The number of hydrogen-bond acceptors (Lipinski definition) is 4. The van der Waals surface area contributed by atoms with Crippen LogP contribution < -0.4 is 10.1 Å². The topological polar surface area (TPSA) is 75.7 Å². The van der Waals surface area contributed by atoms with Crippen LogP contribution in [0.15, 0.2) is 53.4 Å². The molecular formula is C22H28N2O4S. The summed E-state index contributed by atoms with van der Waals surface area (Å²) in [5.41, 5.74) is 1.74. The van der Waals surface area contributed by atoms with Gasteiger partial charge in [0.25, 0.3) is 5.91 Å². The number of hydrogen-bond donors (Lipinski definition) is 1. The Morgan fingerprint density at radius 1 is 0.966 bits per heavy atom. The maximum Gasteiger partial charge on any atom is 0.265 e. The molecule has 2 aromatic rings. The number of carbonyl (C=O) groups is 1. The van der Waals surface area contributed by atoms with Crippen LogP contribution in [0.2, 0.25) is 0 Å². The number of anilines is 1. The van der Waals surface area contributed by atoms with Crippen molar-refractivity contribution in [3.8, 4) is 5.75 Å². The first-order valence-corrected chi connectivity index (χ1v) is 11.4. The molecule has 0 radical (unpaired) electrons. The molecule has 1 heterocycles. The van der Waals surface area contributed by atoms with Crippen LogP contribution in [-0.2, 0) is 14.8 Å². The predicted molar refractivity (Wildman–Crippen MR) is 114 cm³/mol. The van der Waals surface area contributed by atoms with E-state index in [-0.39, 0.29) is 10.8 Å². The third kappa shape index (κ3) is 5.16. The molecule has 1 atom stereocenters. The number of amides is 1. The average molecular weight is 417 g/mol. The highest BCUT2D eigenvalue weighted by Gasteiger charge is 2.27. The van der Waals surface area contributed by atoms with E-state index in [4.69, 9.17) is 4.74 Å². The molecule has 1 aliphatic rings. The summed E-state index contributed by atoms with van der Waals surface area (Å²) in [6, 6.07) is 14.0. The van der Waals surface area contributed by atoms with Crippen LogP contribution in [-0.4, -0.2) is 37.8 Å². The van der Waals surface area contributed by atoms with E-state index in [1.807, 2.05) is 24.3 Å². The number of nitrogens with one attached hydrogen (secondary N) is 1. The summed E-state index contributed by atoms with van der Waals surface area (Å²) >= 11 is 0. The Hall–Kier alpha value is -2.38. The molecule has 0 bridgehead atoms. The lowest BCUT2D eigenvalue weighted by molar-refractivity contribution is -0.122. The Kier molecular flexibility index (Phi) is 6.59. The van der Waals surface area contributed by atoms with E-state index in [2.05, 4.69) is 19.2 Å². The van der Waals surface area contributed by atoms with Crippen molar-refractivity contribution in [2.45, 2.75) is 50.5 Å². The third-order valence-electron chi connectivity index (χ3n) is 5.05. The van der Waals surface area contributed by atoms with Crippen molar-refractivity contribution in [3.63, 3.8) is 0 Å². The summed E-state index contributed by atoms with van der Waals surface area (Å²) in [6.45, 7) is 7.04.